The molecule has 0 aliphatic rings. The van der Waals surface area contributed by atoms with E-state index in [0.29, 0.717) is 29.0 Å². The van der Waals surface area contributed by atoms with Crippen LogP contribution in [0.5, 0.6) is 0 Å². The molecule has 1 heterocycles. The van der Waals surface area contributed by atoms with Gasteiger partial charge in [0.1, 0.15) is 18.0 Å². The van der Waals surface area contributed by atoms with Gasteiger partial charge in [0.05, 0.1) is 22.7 Å². The quantitative estimate of drug-likeness (QED) is 0.347. The van der Waals surface area contributed by atoms with E-state index >= 15 is 0 Å². The smallest absolute Gasteiger partial charge is 0.337 e. The molecule has 8 nitrogen and oxygen atoms in total. The molecule has 1 aromatic heterocycles. The first-order valence-electron chi connectivity index (χ1n) is 10.9. The number of nitrogens with one attached hydrogen (secondary N) is 2. The van der Waals surface area contributed by atoms with E-state index < -0.39 is 17.7 Å². The molecule has 0 saturated carbocycles. The van der Waals surface area contributed by atoms with E-state index in [1.807, 2.05) is 31.1 Å². The highest BCUT2D eigenvalue weighted by atomic mass is 19.1. The minimum atomic E-state index is -1.07. The Balaban J connectivity index is 1.65. The molecule has 0 radical (unpaired) electrons. The highest BCUT2D eigenvalue weighted by Gasteiger charge is 2.18. The predicted octanol–water partition coefficient (Wildman–Crippen LogP) is 4.43. The fraction of sp³-hybridized carbons (Fsp3) is 0.154. The summed E-state index contributed by atoms with van der Waals surface area (Å²) >= 11 is 0. The van der Waals surface area contributed by atoms with E-state index in [-0.39, 0.29) is 17.2 Å². The maximum Gasteiger partial charge on any atom is 0.337 e. The van der Waals surface area contributed by atoms with Crippen LogP contribution in [0.3, 0.4) is 0 Å². The van der Waals surface area contributed by atoms with Gasteiger partial charge in [-0.15, -0.1) is 0 Å². The van der Waals surface area contributed by atoms with Crippen molar-refractivity contribution < 1.29 is 19.1 Å². The molecular weight excluding hydrogens is 449 g/mol. The highest BCUT2D eigenvalue weighted by Crippen LogP contribution is 2.28. The number of hydrogen-bond donors (Lipinski definition) is 3. The molecule has 0 fully saturated rings. The Morgan fingerprint density at radius 2 is 1.74 bits per heavy atom. The van der Waals surface area contributed by atoms with Crippen molar-refractivity contribution in [1.82, 2.24) is 14.9 Å². The van der Waals surface area contributed by atoms with Crippen LogP contribution in [0.4, 0.5) is 15.9 Å². The number of carboxylic acids is 1. The molecule has 3 aromatic carbocycles. The van der Waals surface area contributed by atoms with Crippen LogP contribution in [0.25, 0.3) is 10.9 Å². The number of aromatic carboxylic acids is 1. The van der Waals surface area contributed by atoms with Gasteiger partial charge in [-0.1, -0.05) is 30.3 Å². The third-order valence-electron chi connectivity index (χ3n) is 5.42. The molecule has 35 heavy (non-hydrogen) atoms. The minimum Gasteiger partial charge on any atom is -0.478 e. The zero-order chi connectivity index (χ0) is 24.9. The van der Waals surface area contributed by atoms with Crippen LogP contribution in [-0.4, -0.2) is 52.5 Å². The van der Waals surface area contributed by atoms with Gasteiger partial charge in [0.25, 0.3) is 5.91 Å². The molecule has 1 amide bonds. The number of carbonyl (C=O) groups is 2. The van der Waals surface area contributed by atoms with Crippen molar-refractivity contribution >= 4 is 34.3 Å². The molecule has 1 unspecified atom stereocenters. The second-order valence-corrected chi connectivity index (χ2v) is 8.25. The maximum absolute atomic E-state index is 14.0. The molecule has 0 spiro atoms. The second-order valence-electron chi connectivity index (χ2n) is 8.25. The monoisotopic (exact) mass is 473 g/mol. The number of likely N-dealkylation sites (N-methyl/N-ethyl adjacent to an activating group) is 1. The summed E-state index contributed by atoms with van der Waals surface area (Å²) in [6.07, 6.45) is 1.33. The molecule has 0 saturated heterocycles. The molecule has 3 N–H and O–H groups in total. The number of anilines is 2. The minimum absolute atomic E-state index is 0.0393. The van der Waals surface area contributed by atoms with Crippen LogP contribution in [0.1, 0.15) is 32.3 Å². The summed E-state index contributed by atoms with van der Waals surface area (Å²) < 4.78 is 14.0. The average molecular weight is 474 g/mol. The summed E-state index contributed by atoms with van der Waals surface area (Å²) in [4.78, 5) is 34.7. The number of nitrogens with zero attached hydrogens (tertiary/aromatic N) is 3. The van der Waals surface area contributed by atoms with Crippen LogP contribution in [-0.2, 0) is 0 Å². The van der Waals surface area contributed by atoms with Crippen LogP contribution in [0.15, 0.2) is 73.1 Å². The van der Waals surface area contributed by atoms with Crippen molar-refractivity contribution in [2.75, 3.05) is 31.3 Å². The van der Waals surface area contributed by atoms with E-state index in [4.69, 9.17) is 0 Å². The zero-order valence-corrected chi connectivity index (χ0v) is 19.2. The molecule has 178 valence electrons. The molecule has 0 bridgehead atoms. The first-order chi connectivity index (χ1) is 16.8. The average Bonchev–Trinajstić information content (AvgIpc) is 2.83. The van der Waals surface area contributed by atoms with E-state index in [1.165, 1.54) is 30.6 Å². The topological polar surface area (TPSA) is 107 Å². The van der Waals surface area contributed by atoms with Gasteiger partial charge in [-0.3, -0.25) is 4.79 Å². The number of carboxylic acid groups (broad SMARTS) is 1. The van der Waals surface area contributed by atoms with Crippen molar-refractivity contribution in [3.05, 3.63) is 95.6 Å². The summed E-state index contributed by atoms with van der Waals surface area (Å²) in [6.45, 7) is 0.578. The standard InChI is InChI=1S/C26H24FN5O3/c1-32(2)14-22(31-24-19-10-6-11-20(26(34)35)23(19)28-15-29-24)16-7-5-8-17(13-16)30-25(33)18-9-3-4-12-21(18)27/h3-13,15,22H,14H2,1-2H3,(H,30,33)(H,34,35)(H,28,29,31). The van der Waals surface area contributed by atoms with Crippen LogP contribution >= 0.6 is 0 Å². The lowest BCUT2D eigenvalue weighted by molar-refractivity contribution is 0.0698. The fourth-order valence-electron chi connectivity index (χ4n) is 3.82. The molecule has 0 aliphatic heterocycles. The van der Waals surface area contributed by atoms with Gasteiger partial charge in [-0.2, -0.15) is 0 Å². The van der Waals surface area contributed by atoms with Gasteiger partial charge in [-0.25, -0.2) is 19.2 Å². The predicted molar refractivity (Wildman–Crippen MR) is 132 cm³/mol. The third kappa shape index (κ3) is 5.42. The Morgan fingerprint density at radius 3 is 2.49 bits per heavy atom. The van der Waals surface area contributed by atoms with Gasteiger partial charge in [0, 0.05) is 17.6 Å². The normalized spacial score (nSPS) is 11.9. The third-order valence-corrected chi connectivity index (χ3v) is 5.42. The van der Waals surface area contributed by atoms with Gasteiger partial charge >= 0.3 is 5.97 Å². The highest BCUT2D eigenvalue weighted by molar-refractivity contribution is 6.05. The number of amides is 1. The molecule has 4 aromatic rings. The number of halogens is 1. The Morgan fingerprint density at radius 1 is 1.00 bits per heavy atom. The molecule has 0 aliphatic carbocycles. The lowest BCUT2D eigenvalue weighted by atomic mass is 10.0. The van der Waals surface area contributed by atoms with Gasteiger partial charge < -0.3 is 20.6 Å². The summed E-state index contributed by atoms with van der Waals surface area (Å²) in [5.74, 6) is -1.71. The Hall–Kier alpha value is -4.37. The van der Waals surface area contributed by atoms with E-state index in [2.05, 4.69) is 20.6 Å². The fourth-order valence-corrected chi connectivity index (χ4v) is 3.82. The number of para-hydroxylation sites is 1. The largest absolute Gasteiger partial charge is 0.478 e. The first-order valence-corrected chi connectivity index (χ1v) is 10.9. The number of hydrogen-bond acceptors (Lipinski definition) is 6. The molecule has 9 heteroatoms. The number of aromatic nitrogens is 2. The maximum atomic E-state index is 14.0. The Bertz CT molecular complexity index is 1390. The Kier molecular flexibility index (Phi) is 6.98. The van der Waals surface area contributed by atoms with Crippen molar-refractivity contribution in [1.29, 1.82) is 0 Å². The summed E-state index contributed by atoms with van der Waals surface area (Å²) in [5, 5.41) is 16.2. The molecule has 4 rings (SSSR count). The lowest BCUT2D eigenvalue weighted by Gasteiger charge is -2.24. The van der Waals surface area contributed by atoms with Crippen molar-refractivity contribution in [3.8, 4) is 0 Å². The second kappa shape index (κ2) is 10.3. The van der Waals surface area contributed by atoms with E-state index in [1.54, 1.807) is 30.3 Å². The van der Waals surface area contributed by atoms with Crippen LogP contribution in [0.2, 0.25) is 0 Å². The van der Waals surface area contributed by atoms with Crippen molar-refractivity contribution in [2.45, 2.75) is 6.04 Å². The number of benzene rings is 3. The molecular formula is C26H24FN5O3. The molecule has 1 atom stereocenters. The number of fused-ring (bicyclic) bond motifs is 1. The SMILES string of the molecule is CN(C)CC(Nc1ncnc2c(C(=O)O)cccc12)c1cccc(NC(=O)c2ccccc2F)c1. The van der Waals surface area contributed by atoms with E-state index in [9.17, 15) is 19.1 Å². The van der Waals surface area contributed by atoms with Crippen molar-refractivity contribution in [2.24, 2.45) is 0 Å². The van der Waals surface area contributed by atoms with Gasteiger partial charge in [-0.05, 0) is 56.1 Å². The van der Waals surface area contributed by atoms with Crippen LogP contribution < -0.4 is 10.6 Å². The lowest BCUT2D eigenvalue weighted by Crippen LogP contribution is -2.26. The summed E-state index contributed by atoms with van der Waals surface area (Å²) in [6, 6.07) is 17.7. The van der Waals surface area contributed by atoms with Crippen molar-refractivity contribution in [3.63, 3.8) is 0 Å². The zero-order valence-electron chi connectivity index (χ0n) is 19.2. The summed E-state index contributed by atoms with van der Waals surface area (Å²) in [5.41, 5.74) is 1.76. The number of carbonyl (C=O) groups excluding carboxylic acids is 1. The number of rotatable bonds is 8. The van der Waals surface area contributed by atoms with Gasteiger partial charge in [0.2, 0.25) is 0 Å². The van der Waals surface area contributed by atoms with E-state index in [0.717, 1.165) is 5.56 Å². The van der Waals surface area contributed by atoms with Gasteiger partial charge in [0.15, 0.2) is 0 Å². The van der Waals surface area contributed by atoms with Crippen LogP contribution in [0, 0.1) is 5.82 Å². The first kappa shape index (κ1) is 23.8. The Labute approximate surface area is 201 Å². The summed E-state index contributed by atoms with van der Waals surface area (Å²) in [7, 11) is 3.86.